The largest absolute Gasteiger partial charge is 0.495 e. The summed E-state index contributed by atoms with van der Waals surface area (Å²) < 4.78 is 71.2. The molecule has 2 heterocycles. The molecule has 0 radical (unpaired) electrons. The maximum atomic E-state index is 13.7. The topological polar surface area (TPSA) is 105 Å². The third kappa shape index (κ3) is 8.04. The van der Waals surface area contributed by atoms with Crippen molar-refractivity contribution in [2.75, 3.05) is 55.9 Å². The minimum atomic E-state index is -4.43. The maximum Gasteiger partial charge on any atom is 0.406 e. The molecule has 1 saturated carbocycles. The van der Waals surface area contributed by atoms with Gasteiger partial charge in [0.15, 0.2) is 9.84 Å². The summed E-state index contributed by atoms with van der Waals surface area (Å²) in [7, 11) is 0.0928. The first-order valence-corrected chi connectivity index (χ1v) is 16.8. The zero-order valence-corrected chi connectivity index (χ0v) is 26.2. The van der Waals surface area contributed by atoms with Crippen molar-refractivity contribution in [2.45, 2.75) is 50.5 Å². The molecule has 242 valence electrons. The van der Waals surface area contributed by atoms with Crippen LogP contribution in [0, 0.1) is 11.8 Å². The van der Waals surface area contributed by atoms with Crippen LogP contribution in [0.4, 0.5) is 24.5 Å². The molecular weight excluding hydrogens is 607 g/mol. The lowest BCUT2D eigenvalue weighted by Crippen LogP contribution is -2.48. The van der Waals surface area contributed by atoms with Crippen molar-refractivity contribution in [1.82, 2.24) is 14.8 Å². The van der Waals surface area contributed by atoms with E-state index in [2.05, 4.69) is 32.7 Å². The third-order valence-electron chi connectivity index (χ3n) is 8.51. The molecule has 1 aliphatic heterocycles. The zero-order chi connectivity index (χ0) is 32.2. The Hall–Kier alpha value is -3.89. The van der Waals surface area contributed by atoms with Crippen LogP contribution in [0.3, 0.4) is 0 Å². The Bertz CT molecular complexity index is 1690. The smallest absolute Gasteiger partial charge is 0.406 e. The number of hydrogen-bond acceptors (Lipinski definition) is 7. The summed E-state index contributed by atoms with van der Waals surface area (Å²) in [5.74, 6) is 6.46. The molecule has 1 aliphatic carbocycles. The first-order valence-electron chi connectivity index (χ1n) is 15.0. The summed E-state index contributed by atoms with van der Waals surface area (Å²) in [4.78, 5) is 14.2. The quantitative estimate of drug-likeness (QED) is 0.310. The van der Waals surface area contributed by atoms with Gasteiger partial charge < -0.3 is 25.3 Å². The lowest BCUT2D eigenvalue weighted by atomic mass is 9.90. The van der Waals surface area contributed by atoms with Crippen LogP contribution in [0.25, 0.3) is 10.9 Å². The number of rotatable bonds is 8. The normalized spacial score (nSPS) is 20.2. The molecule has 0 bridgehead atoms. The molecule has 0 atom stereocenters. The van der Waals surface area contributed by atoms with Gasteiger partial charge >= 0.3 is 6.18 Å². The number of sulfone groups is 1. The number of nitrogens with one attached hydrogen (secondary N) is 3. The van der Waals surface area contributed by atoms with E-state index in [1.807, 2.05) is 6.07 Å². The predicted octanol–water partition coefficient (Wildman–Crippen LogP) is 4.49. The van der Waals surface area contributed by atoms with Crippen LogP contribution < -0.4 is 20.7 Å². The standard InChI is InChI=1S/C32H38F3N5O4S/c1-36-31(41)22-8-13-28(30(19-22)44-2)37-14-4-5-25-20-26-27(6-3-7-29(26)40(25)21-32(33,34)35)38-23-9-11-24(12-10-23)39-15-17-45(42,43)18-16-39/h3,6-8,13,19-20,23-24,37-38H,9-12,14-18,21H2,1-2H3,(H,36,41). The molecule has 13 heteroatoms. The second kappa shape index (κ2) is 13.6. The average Bonchev–Trinajstić information content (AvgIpc) is 3.35. The van der Waals surface area contributed by atoms with E-state index < -0.39 is 22.6 Å². The fourth-order valence-electron chi connectivity index (χ4n) is 6.16. The average molecular weight is 646 g/mol. The van der Waals surface area contributed by atoms with E-state index >= 15 is 0 Å². The fourth-order valence-corrected chi connectivity index (χ4v) is 7.39. The van der Waals surface area contributed by atoms with Gasteiger partial charge in [0.2, 0.25) is 0 Å². The molecule has 45 heavy (non-hydrogen) atoms. The number of aromatic nitrogens is 1. The number of methoxy groups -OCH3 is 1. The van der Waals surface area contributed by atoms with Gasteiger partial charge in [-0.2, -0.15) is 13.2 Å². The van der Waals surface area contributed by atoms with Crippen molar-refractivity contribution >= 4 is 38.0 Å². The highest BCUT2D eigenvalue weighted by Gasteiger charge is 2.32. The van der Waals surface area contributed by atoms with Gasteiger partial charge in [0.25, 0.3) is 5.91 Å². The number of carbonyl (C=O) groups excluding carboxylic acids is 1. The number of anilines is 2. The third-order valence-corrected chi connectivity index (χ3v) is 10.1. The number of amides is 1. The summed E-state index contributed by atoms with van der Waals surface area (Å²) in [6.45, 7) is 0.130. The van der Waals surface area contributed by atoms with Crippen molar-refractivity contribution in [2.24, 2.45) is 0 Å². The second-order valence-electron chi connectivity index (χ2n) is 11.5. The van der Waals surface area contributed by atoms with E-state index in [9.17, 15) is 26.4 Å². The highest BCUT2D eigenvalue weighted by molar-refractivity contribution is 7.91. The van der Waals surface area contributed by atoms with Crippen molar-refractivity contribution in [1.29, 1.82) is 0 Å². The van der Waals surface area contributed by atoms with E-state index in [0.29, 0.717) is 47.0 Å². The molecule has 3 N–H and O–H groups in total. The number of hydrogen-bond donors (Lipinski definition) is 3. The Morgan fingerprint density at radius 2 is 1.78 bits per heavy atom. The zero-order valence-electron chi connectivity index (χ0n) is 25.3. The molecule has 1 amide bonds. The van der Waals surface area contributed by atoms with Crippen molar-refractivity contribution < 1.29 is 31.1 Å². The van der Waals surface area contributed by atoms with Gasteiger partial charge in [-0.1, -0.05) is 12.0 Å². The summed E-state index contributed by atoms with van der Waals surface area (Å²) >= 11 is 0. The molecule has 2 aliphatic rings. The Morgan fingerprint density at radius 1 is 1.04 bits per heavy atom. The van der Waals surface area contributed by atoms with Crippen molar-refractivity contribution in [3.63, 3.8) is 0 Å². The van der Waals surface area contributed by atoms with Crippen LogP contribution in [0.15, 0.2) is 42.5 Å². The SMILES string of the molecule is CNC(=O)c1ccc(NCC#Cc2cc3c(NC4CCC(N5CCS(=O)(=O)CC5)CC4)cccc3n2CC(F)(F)F)c(OC)c1. The minimum Gasteiger partial charge on any atom is -0.495 e. The predicted molar refractivity (Wildman–Crippen MR) is 170 cm³/mol. The van der Waals surface area contributed by atoms with Crippen LogP contribution in [0.5, 0.6) is 5.75 Å². The Balaban J connectivity index is 1.30. The van der Waals surface area contributed by atoms with Crippen LogP contribution in [0.1, 0.15) is 41.7 Å². The van der Waals surface area contributed by atoms with Crippen molar-refractivity contribution in [3.05, 3.63) is 53.7 Å². The number of benzene rings is 2. The lowest BCUT2D eigenvalue weighted by Gasteiger charge is -2.39. The summed E-state index contributed by atoms with van der Waals surface area (Å²) in [5.41, 5.74) is 2.50. The van der Waals surface area contributed by atoms with Crippen LogP contribution in [-0.2, 0) is 16.4 Å². The summed E-state index contributed by atoms with van der Waals surface area (Å²) in [6.07, 6.45) is -0.785. The minimum absolute atomic E-state index is 0.139. The fraction of sp³-hybridized carbons (Fsp3) is 0.469. The number of carbonyl (C=O) groups is 1. The highest BCUT2D eigenvalue weighted by Crippen LogP contribution is 2.33. The molecule has 5 rings (SSSR count). The maximum absolute atomic E-state index is 13.7. The first-order chi connectivity index (χ1) is 21.5. The van der Waals surface area contributed by atoms with E-state index in [4.69, 9.17) is 4.74 Å². The summed E-state index contributed by atoms with van der Waals surface area (Å²) in [6, 6.07) is 12.5. The van der Waals surface area contributed by atoms with Gasteiger partial charge in [-0.15, -0.1) is 0 Å². The molecule has 1 aromatic heterocycles. The van der Waals surface area contributed by atoms with Gasteiger partial charge in [-0.05, 0) is 68.0 Å². The molecule has 0 unspecified atom stereocenters. The second-order valence-corrected chi connectivity index (χ2v) is 13.8. The van der Waals surface area contributed by atoms with Gasteiger partial charge in [0.1, 0.15) is 12.3 Å². The monoisotopic (exact) mass is 645 g/mol. The molecule has 3 aromatic rings. The molecule has 1 saturated heterocycles. The molecule has 9 nitrogen and oxygen atoms in total. The number of halogens is 3. The van der Waals surface area contributed by atoms with Gasteiger partial charge in [0.05, 0.1) is 42.1 Å². The van der Waals surface area contributed by atoms with Crippen LogP contribution >= 0.6 is 0 Å². The summed E-state index contributed by atoms with van der Waals surface area (Å²) in [5, 5.41) is 9.91. The number of ether oxygens (including phenoxy) is 1. The lowest BCUT2D eigenvalue weighted by molar-refractivity contribution is -0.140. The molecule has 0 spiro atoms. The van der Waals surface area contributed by atoms with E-state index in [1.54, 1.807) is 36.4 Å². The van der Waals surface area contributed by atoms with Crippen molar-refractivity contribution in [3.8, 4) is 17.6 Å². The van der Waals surface area contributed by atoms with E-state index in [1.165, 1.54) is 18.7 Å². The number of fused-ring (bicyclic) bond motifs is 1. The van der Waals surface area contributed by atoms with Crippen LogP contribution in [0.2, 0.25) is 0 Å². The van der Waals surface area contributed by atoms with Gasteiger partial charge in [-0.25, -0.2) is 8.42 Å². The van der Waals surface area contributed by atoms with Gasteiger partial charge in [-0.3, -0.25) is 9.69 Å². The molecule has 2 fully saturated rings. The number of nitrogens with zero attached hydrogens (tertiary/aromatic N) is 2. The van der Waals surface area contributed by atoms with E-state index in [0.717, 1.165) is 31.4 Å². The molecular formula is C32H38F3N5O4S. The van der Waals surface area contributed by atoms with Crippen LogP contribution in [-0.4, -0.2) is 87.3 Å². The van der Waals surface area contributed by atoms with E-state index in [-0.39, 0.29) is 35.7 Å². The molecule has 2 aromatic carbocycles. The van der Waals surface area contributed by atoms with Gasteiger partial charge in [0, 0.05) is 48.9 Å². The number of alkyl halides is 3. The Kier molecular flexibility index (Phi) is 9.84. The first kappa shape index (κ1) is 32.5. The Labute approximate surface area is 261 Å². The Morgan fingerprint density at radius 3 is 2.44 bits per heavy atom. The highest BCUT2D eigenvalue weighted by atomic mass is 32.2.